The van der Waals surface area contributed by atoms with Crippen LogP contribution in [-0.4, -0.2) is 40.9 Å². The van der Waals surface area contributed by atoms with Crippen LogP contribution in [-0.2, 0) is 13.1 Å². The van der Waals surface area contributed by atoms with Gasteiger partial charge in [0.2, 0.25) is 5.75 Å². The van der Waals surface area contributed by atoms with Crippen molar-refractivity contribution in [2.45, 2.75) is 20.0 Å². The highest BCUT2D eigenvalue weighted by atomic mass is 127. The van der Waals surface area contributed by atoms with Crippen molar-refractivity contribution in [2.75, 3.05) is 35.0 Å². The fourth-order valence-corrected chi connectivity index (χ4v) is 2.72. The number of nitrogens with one attached hydrogen (secondary N) is 2. The van der Waals surface area contributed by atoms with Crippen LogP contribution in [0.4, 0.5) is 0 Å². The van der Waals surface area contributed by atoms with Crippen LogP contribution >= 0.6 is 24.0 Å². The molecule has 0 amide bonds. The summed E-state index contributed by atoms with van der Waals surface area (Å²) < 4.78 is 21.5. The smallest absolute Gasteiger partial charge is 0.203 e. The summed E-state index contributed by atoms with van der Waals surface area (Å²) in [6.45, 7) is 3.87. The summed E-state index contributed by atoms with van der Waals surface area (Å²) in [4.78, 5) is 4.64. The van der Waals surface area contributed by atoms with Crippen LogP contribution < -0.4 is 29.6 Å². The average molecular weight is 515 g/mol. The van der Waals surface area contributed by atoms with E-state index in [9.17, 15) is 0 Å². The highest BCUT2D eigenvalue weighted by Gasteiger charge is 2.15. The molecule has 2 N–H and O–H groups in total. The zero-order valence-corrected chi connectivity index (χ0v) is 19.9. The maximum atomic E-state index is 5.54. The number of benzene rings is 2. The molecule has 7 nitrogen and oxygen atoms in total. The predicted molar refractivity (Wildman–Crippen MR) is 126 cm³/mol. The van der Waals surface area contributed by atoms with Gasteiger partial charge in [0.05, 0.1) is 35.0 Å². The molecule has 160 valence electrons. The zero-order chi connectivity index (χ0) is 20.4. The van der Waals surface area contributed by atoms with Gasteiger partial charge in [-0.25, -0.2) is 4.99 Å². The predicted octanol–water partition coefficient (Wildman–Crippen LogP) is 3.59. The number of guanidine groups is 1. The van der Waals surface area contributed by atoms with Crippen LogP contribution in [0.1, 0.15) is 18.1 Å². The van der Waals surface area contributed by atoms with Crippen molar-refractivity contribution in [1.82, 2.24) is 10.6 Å². The van der Waals surface area contributed by atoms with E-state index in [1.54, 1.807) is 28.4 Å². The first-order chi connectivity index (χ1) is 13.7. The second kappa shape index (κ2) is 13.0. The van der Waals surface area contributed by atoms with Gasteiger partial charge in [-0.1, -0.05) is 12.1 Å². The summed E-state index contributed by atoms with van der Waals surface area (Å²) >= 11 is 0. The maximum Gasteiger partial charge on any atom is 0.203 e. The van der Waals surface area contributed by atoms with Crippen LogP contribution in [0.5, 0.6) is 23.0 Å². The molecule has 0 bridgehead atoms. The number of hydrogen-bond donors (Lipinski definition) is 2. The molecule has 0 saturated heterocycles. The third kappa shape index (κ3) is 6.88. The standard InChI is InChI=1S/C21H29N3O4.HI/c1-6-22-21(23-13-15-7-10-17(25-2)11-8-15)24-14-16-9-12-18(26-3)20(28-5)19(16)27-4;/h7-12H,6,13-14H2,1-5H3,(H2,22,23,24);1H. The highest BCUT2D eigenvalue weighted by Crippen LogP contribution is 2.39. The van der Waals surface area contributed by atoms with Crippen LogP contribution in [0.25, 0.3) is 0 Å². The molecule has 2 aromatic carbocycles. The van der Waals surface area contributed by atoms with Crippen molar-refractivity contribution in [3.63, 3.8) is 0 Å². The second-order valence-corrected chi connectivity index (χ2v) is 5.89. The quantitative estimate of drug-likeness (QED) is 0.302. The molecule has 0 unspecified atom stereocenters. The van der Waals surface area contributed by atoms with Crippen molar-refractivity contribution < 1.29 is 18.9 Å². The molecule has 2 rings (SSSR count). The highest BCUT2D eigenvalue weighted by molar-refractivity contribution is 14.0. The van der Waals surface area contributed by atoms with Crippen LogP contribution in [0, 0.1) is 0 Å². The normalized spacial score (nSPS) is 10.6. The minimum absolute atomic E-state index is 0. The maximum absolute atomic E-state index is 5.54. The molecule has 0 heterocycles. The van der Waals surface area contributed by atoms with Gasteiger partial charge in [-0.3, -0.25) is 0 Å². The van der Waals surface area contributed by atoms with Crippen LogP contribution in [0.3, 0.4) is 0 Å². The van der Waals surface area contributed by atoms with Gasteiger partial charge in [0.15, 0.2) is 17.5 Å². The molecule has 2 aromatic rings. The Balaban J connectivity index is 0.00000420. The lowest BCUT2D eigenvalue weighted by atomic mass is 10.1. The number of aliphatic imine (C=N–C) groups is 1. The monoisotopic (exact) mass is 515 g/mol. The number of hydrogen-bond acceptors (Lipinski definition) is 5. The molecular weight excluding hydrogens is 485 g/mol. The summed E-state index contributed by atoms with van der Waals surface area (Å²) in [5.41, 5.74) is 2.04. The Bertz CT molecular complexity index is 782. The van der Waals surface area contributed by atoms with E-state index in [0.29, 0.717) is 30.3 Å². The number of halogens is 1. The Hall–Kier alpha value is -2.36. The Morgan fingerprint density at radius 1 is 0.828 bits per heavy atom. The molecule has 0 aliphatic rings. The lowest BCUT2D eigenvalue weighted by Crippen LogP contribution is -2.36. The van der Waals surface area contributed by atoms with Crippen molar-refractivity contribution in [3.05, 3.63) is 47.5 Å². The van der Waals surface area contributed by atoms with E-state index >= 15 is 0 Å². The van der Waals surface area contributed by atoms with Crippen LogP contribution in [0.15, 0.2) is 41.4 Å². The van der Waals surface area contributed by atoms with Crippen molar-refractivity contribution in [2.24, 2.45) is 4.99 Å². The molecule has 0 aliphatic carbocycles. The molecule has 0 fully saturated rings. The van der Waals surface area contributed by atoms with Crippen molar-refractivity contribution >= 4 is 29.9 Å². The van der Waals surface area contributed by atoms with Gasteiger partial charge in [0, 0.05) is 18.7 Å². The molecule has 0 atom stereocenters. The van der Waals surface area contributed by atoms with Gasteiger partial charge in [0.25, 0.3) is 0 Å². The van der Waals surface area contributed by atoms with Gasteiger partial charge in [0.1, 0.15) is 5.75 Å². The molecule has 0 spiro atoms. The number of ether oxygens (including phenoxy) is 4. The molecule has 0 aromatic heterocycles. The molecule has 0 aliphatic heterocycles. The van der Waals surface area contributed by atoms with Gasteiger partial charge >= 0.3 is 0 Å². The van der Waals surface area contributed by atoms with E-state index < -0.39 is 0 Å². The SMILES string of the molecule is CCNC(=NCc1ccc(OC)cc1)NCc1ccc(OC)c(OC)c1OC.I. The number of rotatable bonds is 9. The molecular formula is C21H30IN3O4. The molecule has 0 saturated carbocycles. The van der Waals surface area contributed by atoms with Gasteiger partial charge in [-0.05, 0) is 36.8 Å². The first-order valence-electron chi connectivity index (χ1n) is 9.09. The average Bonchev–Trinajstić information content (AvgIpc) is 2.75. The fourth-order valence-electron chi connectivity index (χ4n) is 2.72. The van der Waals surface area contributed by atoms with Gasteiger partial charge in [-0.2, -0.15) is 0 Å². The van der Waals surface area contributed by atoms with E-state index in [4.69, 9.17) is 18.9 Å². The van der Waals surface area contributed by atoms with Crippen molar-refractivity contribution in [1.29, 1.82) is 0 Å². The summed E-state index contributed by atoms with van der Waals surface area (Å²) in [7, 11) is 6.47. The third-order valence-corrected chi connectivity index (χ3v) is 4.16. The lowest BCUT2D eigenvalue weighted by molar-refractivity contribution is 0.322. The second-order valence-electron chi connectivity index (χ2n) is 5.89. The van der Waals surface area contributed by atoms with Crippen molar-refractivity contribution in [3.8, 4) is 23.0 Å². The Labute approximate surface area is 189 Å². The van der Waals surface area contributed by atoms with E-state index in [2.05, 4.69) is 15.6 Å². The number of methoxy groups -OCH3 is 4. The summed E-state index contributed by atoms with van der Waals surface area (Å²) in [5, 5.41) is 6.58. The largest absolute Gasteiger partial charge is 0.497 e. The Morgan fingerprint density at radius 3 is 2.07 bits per heavy atom. The van der Waals surface area contributed by atoms with E-state index in [1.807, 2.05) is 43.3 Å². The Kier molecular flexibility index (Phi) is 11.0. The van der Waals surface area contributed by atoms with Crippen LogP contribution in [0.2, 0.25) is 0 Å². The molecule has 29 heavy (non-hydrogen) atoms. The van der Waals surface area contributed by atoms with E-state index in [-0.39, 0.29) is 24.0 Å². The fraction of sp³-hybridized carbons (Fsp3) is 0.381. The van der Waals surface area contributed by atoms with Gasteiger partial charge in [-0.15, -0.1) is 24.0 Å². The lowest BCUT2D eigenvalue weighted by Gasteiger charge is -2.17. The molecule has 0 radical (unpaired) electrons. The summed E-state index contributed by atoms with van der Waals surface area (Å²) in [5.74, 6) is 3.39. The molecule has 8 heteroatoms. The number of nitrogens with zero attached hydrogens (tertiary/aromatic N) is 1. The first kappa shape index (κ1) is 24.7. The first-order valence-corrected chi connectivity index (χ1v) is 9.09. The van der Waals surface area contributed by atoms with E-state index in [1.165, 1.54) is 0 Å². The Morgan fingerprint density at radius 2 is 1.52 bits per heavy atom. The van der Waals surface area contributed by atoms with Gasteiger partial charge < -0.3 is 29.6 Å². The topological polar surface area (TPSA) is 73.3 Å². The minimum Gasteiger partial charge on any atom is -0.497 e. The zero-order valence-electron chi connectivity index (χ0n) is 17.6. The van der Waals surface area contributed by atoms with E-state index in [0.717, 1.165) is 29.4 Å². The summed E-state index contributed by atoms with van der Waals surface area (Å²) in [6.07, 6.45) is 0. The third-order valence-electron chi connectivity index (χ3n) is 4.16. The minimum atomic E-state index is 0. The summed E-state index contributed by atoms with van der Waals surface area (Å²) in [6, 6.07) is 11.7.